The number of aryl methyl sites for hydroxylation is 1. The molecule has 6 heteroatoms. The second-order valence-corrected chi connectivity index (χ2v) is 7.26. The Bertz CT molecular complexity index is 592. The summed E-state index contributed by atoms with van der Waals surface area (Å²) in [5, 5.41) is 4.55. The van der Waals surface area contributed by atoms with Crippen LogP contribution in [-0.4, -0.2) is 64.8 Å². The lowest BCUT2D eigenvalue weighted by atomic mass is 9.99. The monoisotopic (exact) mass is 334 g/mol. The second-order valence-electron chi connectivity index (χ2n) is 7.26. The van der Waals surface area contributed by atoms with Crippen LogP contribution in [0.2, 0.25) is 0 Å². The maximum absolute atomic E-state index is 13.0. The van der Waals surface area contributed by atoms with Crippen LogP contribution in [0, 0.1) is 0 Å². The summed E-state index contributed by atoms with van der Waals surface area (Å²) in [5.74, 6) is 0.0737. The van der Waals surface area contributed by atoms with Crippen LogP contribution in [0.15, 0.2) is 0 Å². The Hall–Kier alpha value is -1.40. The molecule has 6 nitrogen and oxygen atoms in total. The Morgan fingerprint density at radius 3 is 2.71 bits per heavy atom. The maximum atomic E-state index is 13.0. The van der Waals surface area contributed by atoms with Gasteiger partial charge < -0.3 is 14.5 Å². The fraction of sp³-hybridized carbons (Fsp3) is 0.778. The van der Waals surface area contributed by atoms with E-state index in [1.165, 1.54) is 19.3 Å². The third-order valence-electron chi connectivity index (χ3n) is 5.24. The second kappa shape index (κ2) is 7.23. The molecule has 0 N–H and O–H groups in total. The number of piperidine rings is 1. The summed E-state index contributed by atoms with van der Waals surface area (Å²) in [5.41, 5.74) is 2.72. The molecule has 1 aromatic rings. The van der Waals surface area contributed by atoms with Gasteiger partial charge in [0.2, 0.25) is 0 Å². The van der Waals surface area contributed by atoms with Crippen LogP contribution in [-0.2, 0) is 18.2 Å². The Morgan fingerprint density at radius 1 is 1.29 bits per heavy atom. The third-order valence-corrected chi connectivity index (χ3v) is 5.24. The zero-order valence-corrected chi connectivity index (χ0v) is 15.4. The van der Waals surface area contributed by atoms with Crippen LogP contribution in [0.25, 0.3) is 0 Å². The molecule has 0 unspecified atom stereocenters. The fourth-order valence-electron chi connectivity index (χ4n) is 3.89. The molecule has 0 bridgehead atoms. The smallest absolute Gasteiger partial charge is 0.272 e. The minimum absolute atomic E-state index is 0.0462. The Morgan fingerprint density at radius 2 is 2.00 bits per heavy atom. The molecule has 2 atom stereocenters. The van der Waals surface area contributed by atoms with Crippen molar-refractivity contribution in [3.63, 3.8) is 0 Å². The van der Waals surface area contributed by atoms with Gasteiger partial charge in [-0.3, -0.25) is 9.48 Å². The first-order valence-corrected chi connectivity index (χ1v) is 9.16. The lowest BCUT2D eigenvalue weighted by molar-refractivity contribution is -0.00713. The summed E-state index contributed by atoms with van der Waals surface area (Å²) in [6.45, 7) is 8.11. The normalized spacial score (nSPS) is 24.7. The highest BCUT2D eigenvalue weighted by Crippen LogP contribution is 2.31. The van der Waals surface area contributed by atoms with Crippen molar-refractivity contribution in [3.8, 4) is 0 Å². The number of nitrogens with zero attached hydrogens (tertiary/aromatic N) is 4. The summed E-state index contributed by atoms with van der Waals surface area (Å²) in [6.07, 6.45) is 4.74. The van der Waals surface area contributed by atoms with Gasteiger partial charge in [-0.2, -0.15) is 5.10 Å². The van der Waals surface area contributed by atoms with E-state index in [-0.39, 0.29) is 18.1 Å². The van der Waals surface area contributed by atoms with Gasteiger partial charge in [0, 0.05) is 39.2 Å². The molecular formula is C18H30N4O2. The summed E-state index contributed by atoms with van der Waals surface area (Å²) >= 11 is 0. The molecule has 134 valence electrons. The van der Waals surface area contributed by atoms with Crippen LogP contribution >= 0.6 is 0 Å². The summed E-state index contributed by atoms with van der Waals surface area (Å²) in [7, 11) is 3.76. The zero-order chi connectivity index (χ0) is 17.3. The lowest BCUT2D eigenvalue weighted by Gasteiger charge is -2.29. The number of hydrogen-bond acceptors (Lipinski definition) is 4. The SMILES string of the molecule is C[C@@H]1Cc2c(nn(C)c2C(=O)N(C)CCN2CCCCC2)[C@H](C)O1. The number of likely N-dealkylation sites (tertiary alicyclic amines) is 1. The first-order valence-electron chi connectivity index (χ1n) is 9.16. The number of hydrogen-bond donors (Lipinski definition) is 0. The maximum Gasteiger partial charge on any atom is 0.272 e. The molecule has 0 radical (unpaired) electrons. The van der Waals surface area contributed by atoms with Crippen molar-refractivity contribution in [2.45, 2.75) is 51.7 Å². The lowest BCUT2D eigenvalue weighted by Crippen LogP contribution is -2.39. The molecule has 3 heterocycles. The van der Waals surface area contributed by atoms with Gasteiger partial charge in [-0.25, -0.2) is 0 Å². The molecule has 1 aromatic heterocycles. The van der Waals surface area contributed by atoms with Gasteiger partial charge in [-0.15, -0.1) is 0 Å². The molecule has 3 rings (SSSR count). The average molecular weight is 334 g/mol. The topological polar surface area (TPSA) is 50.6 Å². The first kappa shape index (κ1) is 17.4. The molecule has 0 aliphatic carbocycles. The predicted molar refractivity (Wildman–Crippen MR) is 93.1 cm³/mol. The molecule has 1 amide bonds. The Kier molecular flexibility index (Phi) is 5.25. The molecule has 0 aromatic carbocycles. The number of ether oxygens (including phenoxy) is 1. The molecule has 24 heavy (non-hydrogen) atoms. The number of aromatic nitrogens is 2. The van der Waals surface area contributed by atoms with Gasteiger partial charge in [0.1, 0.15) is 5.69 Å². The summed E-state index contributed by atoms with van der Waals surface area (Å²) in [6, 6.07) is 0. The van der Waals surface area contributed by atoms with Gasteiger partial charge in [-0.1, -0.05) is 6.42 Å². The van der Waals surface area contributed by atoms with Crippen LogP contribution < -0.4 is 0 Å². The van der Waals surface area contributed by atoms with E-state index < -0.39 is 0 Å². The van der Waals surface area contributed by atoms with E-state index >= 15 is 0 Å². The highest BCUT2D eigenvalue weighted by molar-refractivity contribution is 5.94. The average Bonchev–Trinajstić information content (AvgIpc) is 2.89. The zero-order valence-electron chi connectivity index (χ0n) is 15.4. The first-order chi connectivity index (χ1) is 11.5. The van der Waals surface area contributed by atoms with Crippen molar-refractivity contribution in [2.24, 2.45) is 7.05 Å². The molecule has 2 aliphatic rings. The molecule has 1 saturated heterocycles. The number of amides is 1. The van der Waals surface area contributed by atoms with Crippen LogP contribution in [0.1, 0.15) is 61.0 Å². The molecule has 0 saturated carbocycles. The Labute approximate surface area is 144 Å². The highest BCUT2D eigenvalue weighted by Gasteiger charge is 2.32. The molecule has 2 aliphatic heterocycles. The van der Waals surface area contributed by atoms with E-state index in [1.807, 2.05) is 25.9 Å². The molecular weight excluding hydrogens is 304 g/mol. The quantitative estimate of drug-likeness (QED) is 0.845. The third kappa shape index (κ3) is 3.49. The van der Waals surface area contributed by atoms with Crippen molar-refractivity contribution in [2.75, 3.05) is 33.2 Å². The van der Waals surface area contributed by atoms with Gasteiger partial charge in [0.15, 0.2) is 0 Å². The van der Waals surface area contributed by atoms with Crippen molar-refractivity contribution in [3.05, 3.63) is 17.0 Å². The minimum atomic E-state index is -0.0462. The van der Waals surface area contributed by atoms with Gasteiger partial charge in [0.05, 0.1) is 17.9 Å². The van der Waals surface area contributed by atoms with E-state index in [4.69, 9.17) is 4.74 Å². The fourth-order valence-corrected chi connectivity index (χ4v) is 3.89. The van der Waals surface area contributed by atoms with Gasteiger partial charge >= 0.3 is 0 Å². The van der Waals surface area contributed by atoms with E-state index in [2.05, 4.69) is 16.9 Å². The number of carbonyl (C=O) groups is 1. The highest BCUT2D eigenvalue weighted by atomic mass is 16.5. The van der Waals surface area contributed by atoms with E-state index in [9.17, 15) is 4.79 Å². The van der Waals surface area contributed by atoms with Crippen molar-refractivity contribution in [1.29, 1.82) is 0 Å². The van der Waals surface area contributed by atoms with E-state index in [0.717, 1.165) is 49.6 Å². The number of rotatable bonds is 4. The van der Waals surface area contributed by atoms with Crippen molar-refractivity contribution in [1.82, 2.24) is 19.6 Å². The number of carbonyl (C=O) groups excluding carboxylic acids is 1. The standard InChI is InChI=1S/C18H30N4O2/c1-13-12-15-16(14(2)24-13)19-21(4)17(15)18(23)20(3)10-11-22-8-6-5-7-9-22/h13-14H,5-12H2,1-4H3/t13-,14+/m1/s1. The largest absolute Gasteiger partial charge is 0.369 e. The number of fused-ring (bicyclic) bond motifs is 1. The Balaban J connectivity index is 1.70. The minimum Gasteiger partial charge on any atom is -0.369 e. The number of likely N-dealkylation sites (N-methyl/N-ethyl adjacent to an activating group) is 1. The van der Waals surface area contributed by atoms with Crippen LogP contribution in [0.3, 0.4) is 0 Å². The van der Waals surface area contributed by atoms with Crippen molar-refractivity contribution >= 4 is 5.91 Å². The molecule has 0 spiro atoms. The van der Waals surface area contributed by atoms with Crippen LogP contribution in [0.4, 0.5) is 0 Å². The molecule has 1 fully saturated rings. The van der Waals surface area contributed by atoms with E-state index in [1.54, 1.807) is 4.68 Å². The van der Waals surface area contributed by atoms with E-state index in [0.29, 0.717) is 0 Å². The summed E-state index contributed by atoms with van der Waals surface area (Å²) in [4.78, 5) is 17.3. The van der Waals surface area contributed by atoms with Crippen molar-refractivity contribution < 1.29 is 9.53 Å². The van der Waals surface area contributed by atoms with Crippen LogP contribution in [0.5, 0.6) is 0 Å². The van der Waals surface area contributed by atoms with Gasteiger partial charge in [-0.05, 0) is 39.8 Å². The van der Waals surface area contributed by atoms with Gasteiger partial charge in [0.25, 0.3) is 5.91 Å². The predicted octanol–water partition coefficient (Wildman–Crippen LogP) is 2.00. The summed E-state index contributed by atoms with van der Waals surface area (Å²) < 4.78 is 7.58.